The van der Waals surface area contributed by atoms with E-state index in [0.717, 1.165) is 39.6 Å². The van der Waals surface area contributed by atoms with Gasteiger partial charge in [-0.1, -0.05) is 84.9 Å². The molecule has 0 saturated carbocycles. The number of hydrogen-bond acceptors (Lipinski definition) is 5. The fourth-order valence-electron chi connectivity index (χ4n) is 7.10. The van der Waals surface area contributed by atoms with Crippen LogP contribution in [-0.4, -0.2) is 9.97 Å². The fraction of sp³-hybridized carbons (Fsp3) is 0. The van der Waals surface area contributed by atoms with Gasteiger partial charge in [-0.15, -0.1) is 22.7 Å². The SMILES string of the molecule is c1ccc(N(c2ccc(-c3cccc(-c4ncccn4)c3)cc2)c2ccc3sc4ccc(-c5ccc6c(c5)sc5ccccc56)cc4c3c2)cc1. The lowest BCUT2D eigenvalue weighted by atomic mass is 10.0. The lowest BCUT2D eigenvalue weighted by Gasteiger charge is -2.26. The number of anilines is 3. The maximum atomic E-state index is 4.45. The lowest BCUT2D eigenvalue weighted by Crippen LogP contribution is -2.09. The summed E-state index contributed by atoms with van der Waals surface area (Å²) < 4.78 is 5.25. The highest BCUT2D eigenvalue weighted by molar-refractivity contribution is 7.26. The van der Waals surface area contributed by atoms with Crippen molar-refractivity contribution in [2.45, 2.75) is 0 Å². The van der Waals surface area contributed by atoms with E-state index in [1.54, 1.807) is 12.4 Å². The molecule has 0 saturated heterocycles. The number of benzene rings is 7. The molecule has 5 heteroatoms. The van der Waals surface area contributed by atoms with Gasteiger partial charge < -0.3 is 4.90 Å². The number of hydrogen-bond donors (Lipinski definition) is 0. The number of fused-ring (bicyclic) bond motifs is 6. The van der Waals surface area contributed by atoms with Crippen molar-refractivity contribution in [2.24, 2.45) is 0 Å². The largest absolute Gasteiger partial charge is 0.310 e. The first-order valence-electron chi connectivity index (χ1n) is 17.0. The van der Waals surface area contributed by atoms with Gasteiger partial charge in [-0.25, -0.2) is 9.97 Å². The monoisotopic (exact) mass is 687 g/mol. The van der Waals surface area contributed by atoms with Crippen molar-refractivity contribution in [1.29, 1.82) is 0 Å². The van der Waals surface area contributed by atoms with Crippen molar-refractivity contribution in [3.8, 4) is 33.6 Å². The van der Waals surface area contributed by atoms with Gasteiger partial charge in [0.2, 0.25) is 0 Å². The zero-order chi connectivity index (χ0) is 33.7. The molecule has 0 aliphatic heterocycles. The lowest BCUT2D eigenvalue weighted by molar-refractivity contribution is 1.18. The second-order valence-electron chi connectivity index (χ2n) is 12.7. The quantitative estimate of drug-likeness (QED) is 0.174. The van der Waals surface area contributed by atoms with Gasteiger partial charge in [0.25, 0.3) is 0 Å². The van der Waals surface area contributed by atoms with Crippen molar-refractivity contribution in [2.75, 3.05) is 4.90 Å². The van der Waals surface area contributed by atoms with E-state index in [0.29, 0.717) is 0 Å². The molecule has 0 radical (unpaired) electrons. The molecule has 0 spiro atoms. The zero-order valence-corrected chi connectivity index (χ0v) is 29.0. The fourth-order valence-corrected chi connectivity index (χ4v) is 9.31. The third kappa shape index (κ3) is 5.35. The molecule has 0 atom stereocenters. The minimum absolute atomic E-state index is 0.729. The summed E-state index contributed by atoms with van der Waals surface area (Å²) in [5.74, 6) is 0.729. The Morgan fingerprint density at radius 2 is 0.922 bits per heavy atom. The maximum Gasteiger partial charge on any atom is 0.159 e. The summed E-state index contributed by atoms with van der Waals surface area (Å²) in [4.78, 5) is 11.2. The molecule has 0 aliphatic carbocycles. The van der Waals surface area contributed by atoms with Crippen LogP contribution in [0.1, 0.15) is 0 Å². The normalized spacial score (nSPS) is 11.5. The molecule has 0 unspecified atom stereocenters. The predicted octanol–water partition coefficient (Wildman–Crippen LogP) is 13.7. The van der Waals surface area contributed by atoms with Gasteiger partial charge in [0.1, 0.15) is 0 Å². The van der Waals surface area contributed by atoms with Gasteiger partial charge >= 0.3 is 0 Å². The highest BCUT2D eigenvalue weighted by Gasteiger charge is 2.16. The molecule has 240 valence electrons. The average molecular weight is 688 g/mol. The Labute approximate surface area is 303 Å². The molecule has 0 aliphatic rings. The highest BCUT2D eigenvalue weighted by atomic mass is 32.1. The van der Waals surface area contributed by atoms with Crippen LogP contribution in [0.25, 0.3) is 74.0 Å². The summed E-state index contributed by atoms with van der Waals surface area (Å²) in [5.41, 5.74) is 9.11. The molecule has 3 nitrogen and oxygen atoms in total. The van der Waals surface area contributed by atoms with Crippen LogP contribution in [0.4, 0.5) is 17.1 Å². The van der Waals surface area contributed by atoms with E-state index in [1.807, 2.05) is 28.7 Å². The van der Waals surface area contributed by atoms with Gasteiger partial charge in [-0.2, -0.15) is 0 Å². The molecule has 0 amide bonds. The summed E-state index contributed by atoms with van der Waals surface area (Å²) in [7, 11) is 0. The van der Waals surface area contributed by atoms with Crippen LogP contribution in [0.2, 0.25) is 0 Å². The smallest absolute Gasteiger partial charge is 0.159 e. The van der Waals surface area contributed by atoms with Gasteiger partial charge in [-0.05, 0) is 101 Å². The summed E-state index contributed by atoms with van der Waals surface area (Å²) >= 11 is 3.73. The van der Waals surface area contributed by atoms with Crippen molar-refractivity contribution in [3.63, 3.8) is 0 Å². The standard InChI is InChI=1S/C46H29N3S2/c1-2-10-35(11-3-1)49(36-18-14-30(15-19-36)31-8-6-9-34(26-31)46-47-24-7-25-48-46)37-20-23-44-41(29-37)40-27-32(17-22-43(40)50-44)33-16-21-39-38-12-4-5-13-42(38)51-45(39)28-33/h1-29H. The number of thiophene rings is 2. The summed E-state index contributed by atoms with van der Waals surface area (Å²) in [6, 6.07) is 59.2. The molecule has 3 heterocycles. The van der Waals surface area contributed by atoms with Crippen LogP contribution >= 0.6 is 22.7 Å². The first-order chi connectivity index (χ1) is 25.2. The Balaban J connectivity index is 1.04. The first kappa shape index (κ1) is 29.7. The van der Waals surface area contributed by atoms with E-state index < -0.39 is 0 Å². The number of aromatic nitrogens is 2. The van der Waals surface area contributed by atoms with E-state index in [1.165, 1.54) is 51.5 Å². The minimum Gasteiger partial charge on any atom is -0.310 e. The van der Waals surface area contributed by atoms with Crippen molar-refractivity contribution in [3.05, 3.63) is 176 Å². The third-order valence-electron chi connectivity index (χ3n) is 9.58. The molecule has 0 bridgehead atoms. The molecular formula is C46H29N3S2. The summed E-state index contributed by atoms with van der Waals surface area (Å²) in [6.45, 7) is 0. The molecule has 51 heavy (non-hydrogen) atoms. The highest BCUT2D eigenvalue weighted by Crippen LogP contribution is 2.43. The Hall–Kier alpha value is -6.14. The Kier molecular flexibility index (Phi) is 7.19. The molecule has 3 aromatic heterocycles. The van der Waals surface area contributed by atoms with Gasteiger partial charge in [0, 0.05) is 75.4 Å². The predicted molar refractivity (Wildman–Crippen MR) is 219 cm³/mol. The van der Waals surface area contributed by atoms with Crippen LogP contribution in [0.5, 0.6) is 0 Å². The van der Waals surface area contributed by atoms with E-state index in [2.05, 4.69) is 173 Å². The van der Waals surface area contributed by atoms with Crippen LogP contribution in [0.3, 0.4) is 0 Å². The average Bonchev–Trinajstić information content (AvgIpc) is 3.76. The van der Waals surface area contributed by atoms with Crippen molar-refractivity contribution < 1.29 is 0 Å². The molecule has 0 fully saturated rings. The van der Waals surface area contributed by atoms with Crippen molar-refractivity contribution >= 4 is 80.1 Å². The molecule has 0 N–H and O–H groups in total. The van der Waals surface area contributed by atoms with Gasteiger partial charge in [0.15, 0.2) is 5.82 Å². The Bertz CT molecular complexity index is 2860. The van der Waals surface area contributed by atoms with E-state index in [4.69, 9.17) is 0 Å². The van der Waals surface area contributed by atoms with E-state index >= 15 is 0 Å². The third-order valence-corrected chi connectivity index (χ3v) is 11.9. The van der Waals surface area contributed by atoms with Crippen LogP contribution < -0.4 is 4.90 Å². The van der Waals surface area contributed by atoms with E-state index in [-0.39, 0.29) is 0 Å². The Morgan fingerprint density at radius 1 is 0.333 bits per heavy atom. The second-order valence-corrected chi connectivity index (χ2v) is 14.8. The summed E-state index contributed by atoms with van der Waals surface area (Å²) in [5, 5.41) is 5.22. The number of para-hydroxylation sites is 1. The van der Waals surface area contributed by atoms with Crippen LogP contribution in [0.15, 0.2) is 176 Å². The minimum atomic E-state index is 0.729. The summed E-state index contributed by atoms with van der Waals surface area (Å²) in [6.07, 6.45) is 3.56. The first-order valence-corrected chi connectivity index (χ1v) is 18.6. The van der Waals surface area contributed by atoms with E-state index in [9.17, 15) is 0 Å². The topological polar surface area (TPSA) is 29.0 Å². The number of nitrogens with zero attached hydrogens (tertiary/aromatic N) is 3. The Morgan fingerprint density at radius 3 is 1.78 bits per heavy atom. The van der Waals surface area contributed by atoms with Crippen molar-refractivity contribution in [1.82, 2.24) is 9.97 Å². The second kappa shape index (κ2) is 12.3. The molecule has 10 rings (SSSR count). The van der Waals surface area contributed by atoms with Crippen LogP contribution in [0, 0.1) is 0 Å². The maximum absolute atomic E-state index is 4.45. The van der Waals surface area contributed by atoms with Gasteiger partial charge in [0.05, 0.1) is 0 Å². The molecule has 10 aromatic rings. The van der Waals surface area contributed by atoms with Gasteiger partial charge in [-0.3, -0.25) is 0 Å². The molecule has 7 aromatic carbocycles. The van der Waals surface area contributed by atoms with Crippen LogP contribution in [-0.2, 0) is 0 Å². The number of rotatable bonds is 6. The molecular weight excluding hydrogens is 659 g/mol. The zero-order valence-electron chi connectivity index (χ0n) is 27.4.